The summed E-state index contributed by atoms with van der Waals surface area (Å²) < 4.78 is 0. The second kappa shape index (κ2) is 9.71. The highest BCUT2D eigenvalue weighted by molar-refractivity contribution is 8.03. The lowest BCUT2D eigenvalue weighted by Crippen LogP contribution is -2.14. The molecule has 0 saturated carbocycles. The van der Waals surface area contributed by atoms with Crippen LogP contribution >= 0.6 is 11.8 Å². The molecule has 0 aliphatic rings. The van der Waals surface area contributed by atoms with Crippen molar-refractivity contribution in [2.24, 2.45) is 0 Å². The van der Waals surface area contributed by atoms with E-state index in [9.17, 15) is 5.11 Å². The number of hydrogen-bond acceptors (Lipinski definition) is 2. The molecule has 0 aromatic heterocycles. The van der Waals surface area contributed by atoms with Crippen LogP contribution in [0.5, 0.6) is 0 Å². The van der Waals surface area contributed by atoms with Gasteiger partial charge in [-0.25, -0.2) is 0 Å². The molecule has 0 aliphatic carbocycles. The van der Waals surface area contributed by atoms with E-state index in [2.05, 4.69) is 43.0 Å². The Balaban J connectivity index is 2.69. The minimum absolute atomic E-state index is 0.929. The minimum Gasteiger partial charge on any atom is -0.378 e. The molecule has 0 fully saturated rings. The number of aliphatic hydroxyl groups is 1. The van der Waals surface area contributed by atoms with E-state index in [1.165, 1.54) is 35.5 Å². The second-order valence-electron chi connectivity index (χ2n) is 5.66. The standard InChI is InChI=1S/C19H26OS/c1-4-5-6-8-12-18(15-11-16-19(2,3)20)21-17-13-9-7-10-14-17/h7,9-10,13-15,20H,4-6,8,12H2,1-3H3/b18-15-. The van der Waals surface area contributed by atoms with Gasteiger partial charge in [-0.1, -0.05) is 68.0 Å². The van der Waals surface area contributed by atoms with Gasteiger partial charge < -0.3 is 5.11 Å². The summed E-state index contributed by atoms with van der Waals surface area (Å²) in [6.45, 7) is 5.64. The van der Waals surface area contributed by atoms with E-state index in [4.69, 9.17) is 0 Å². The molecule has 0 atom stereocenters. The fourth-order valence-electron chi connectivity index (χ4n) is 1.81. The van der Waals surface area contributed by atoms with Crippen LogP contribution in [-0.2, 0) is 0 Å². The van der Waals surface area contributed by atoms with Crippen molar-refractivity contribution in [1.29, 1.82) is 0 Å². The molecule has 1 nitrogen and oxygen atoms in total. The maximum absolute atomic E-state index is 9.66. The van der Waals surface area contributed by atoms with Crippen molar-refractivity contribution in [2.75, 3.05) is 0 Å². The minimum atomic E-state index is -0.929. The molecule has 0 radical (unpaired) electrons. The molecular formula is C19H26OS. The van der Waals surface area contributed by atoms with Crippen LogP contribution in [0.2, 0.25) is 0 Å². The molecule has 0 unspecified atom stereocenters. The highest BCUT2D eigenvalue weighted by Gasteiger charge is 2.05. The van der Waals surface area contributed by atoms with Gasteiger partial charge in [0, 0.05) is 4.90 Å². The third-order valence-electron chi connectivity index (χ3n) is 2.88. The van der Waals surface area contributed by atoms with Gasteiger partial charge in [0.25, 0.3) is 0 Å². The summed E-state index contributed by atoms with van der Waals surface area (Å²) in [6, 6.07) is 10.4. The molecule has 0 heterocycles. The molecule has 2 heteroatoms. The third kappa shape index (κ3) is 9.39. The van der Waals surface area contributed by atoms with Crippen molar-refractivity contribution >= 4 is 11.8 Å². The summed E-state index contributed by atoms with van der Waals surface area (Å²) in [5.41, 5.74) is -0.929. The fraction of sp³-hybridized carbons (Fsp3) is 0.474. The first-order valence-electron chi connectivity index (χ1n) is 7.68. The van der Waals surface area contributed by atoms with Gasteiger partial charge >= 0.3 is 0 Å². The Kier molecular flexibility index (Phi) is 8.27. The summed E-state index contributed by atoms with van der Waals surface area (Å²) in [5, 5.41) is 9.66. The Labute approximate surface area is 133 Å². The van der Waals surface area contributed by atoms with Crippen molar-refractivity contribution < 1.29 is 5.11 Å². The number of hydrogen-bond donors (Lipinski definition) is 1. The highest BCUT2D eigenvalue weighted by Crippen LogP contribution is 2.30. The normalized spacial score (nSPS) is 11.9. The predicted molar refractivity (Wildman–Crippen MR) is 93.2 cm³/mol. The Hall–Kier alpha value is -1.17. The van der Waals surface area contributed by atoms with Crippen molar-refractivity contribution in [3.8, 4) is 11.8 Å². The van der Waals surface area contributed by atoms with Crippen LogP contribution in [0.1, 0.15) is 52.9 Å². The van der Waals surface area contributed by atoms with Gasteiger partial charge in [-0.15, -0.1) is 0 Å². The van der Waals surface area contributed by atoms with E-state index in [0.717, 1.165) is 6.42 Å². The zero-order valence-corrected chi connectivity index (χ0v) is 14.2. The number of benzene rings is 1. The van der Waals surface area contributed by atoms with Crippen LogP contribution in [-0.4, -0.2) is 10.7 Å². The van der Waals surface area contributed by atoms with Crippen molar-refractivity contribution in [3.63, 3.8) is 0 Å². The zero-order valence-electron chi connectivity index (χ0n) is 13.4. The summed E-state index contributed by atoms with van der Waals surface area (Å²) in [4.78, 5) is 2.51. The first-order chi connectivity index (χ1) is 10.0. The molecule has 0 saturated heterocycles. The van der Waals surface area contributed by atoms with E-state index in [0.29, 0.717) is 0 Å². The Morgan fingerprint density at radius 1 is 1.19 bits per heavy atom. The molecular weight excluding hydrogens is 276 g/mol. The van der Waals surface area contributed by atoms with E-state index in [-0.39, 0.29) is 0 Å². The van der Waals surface area contributed by atoms with E-state index in [1.807, 2.05) is 12.1 Å². The van der Waals surface area contributed by atoms with Crippen molar-refractivity contribution in [2.45, 2.75) is 63.4 Å². The first kappa shape index (κ1) is 17.9. The molecule has 1 N–H and O–H groups in total. The Morgan fingerprint density at radius 2 is 1.90 bits per heavy atom. The van der Waals surface area contributed by atoms with Gasteiger partial charge in [0.15, 0.2) is 0 Å². The molecule has 0 amide bonds. The maximum Gasteiger partial charge on any atom is 0.120 e. The zero-order chi connectivity index (χ0) is 15.6. The van der Waals surface area contributed by atoms with Gasteiger partial charge in [0.2, 0.25) is 0 Å². The number of thioether (sulfide) groups is 1. The summed E-state index contributed by atoms with van der Waals surface area (Å²) >= 11 is 1.77. The summed E-state index contributed by atoms with van der Waals surface area (Å²) in [5.74, 6) is 5.86. The molecule has 0 aliphatic heterocycles. The smallest absolute Gasteiger partial charge is 0.120 e. The lowest BCUT2D eigenvalue weighted by molar-refractivity contribution is 0.143. The topological polar surface area (TPSA) is 20.2 Å². The predicted octanol–water partition coefficient (Wildman–Crippen LogP) is 5.41. The van der Waals surface area contributed by atoms with Crippen LogP contribution in [0.15, 0.2) is 46.2 Å². The Bertz CT molecular complexity index is 486. The van der Waals surface area contributed by atoms with E-state index in [1.54, 1.807) is 25.6 Å². The highest BCUT2D eigenvalue weighted by atomic mass is 32.2. The average molecular weight is 302 g/mol. The van der Waals surface area contributed by atoms with E-state index >= 15 is 0 Å². The van der Waals surface area contributed by atoms with Crippen LogP contribution in [0.25, 0.3) is 0 Å². The average Bonchev–Trinajstić information content (AvgIpc) is 2.43. The van der Waals surface area contributed by atoms with Gasteiger partial charge in [-0.05, 0) is 49.8 Å². The Morgan fingerprint density at radius 3 is 2.52 bits per heavy atom. The van der Waals surface area contributed by atoms with Crippen LogP contribution in [0.3, 0.4) is 0 Å². The van der Waals surface area contributed by atoms with E-state index < -0.39 is 5.60 Å². The molecule has 1 rings (SSSR count). The molecule has 0 spiro atoms. The monoisotopic (exact) mass is 302 g/mol. The second-order valence-corrected chi connectivity index (χ2v) is 6.86. The SMILES string of the molecule is CCCCCC/C(=C/C#CC(C)(C)O)Sc1ccccc1. The number of rotatable bonds is 7. The van der Waals surface area contributed by atoms with Crippen LogP contribution in [0, 0.1) is 11.8 Å². The number of unbranched alkanes of at least 4 members (excludes halogenated alkanes) is 3. The molecule has 21 heavy (non-hydrogen) atoms. The first-order valence-corrected chi connectivity index (χ1v) is 8.50. The van der Waals surface area contributed by atoms with Gasteiger partial charge in [0.05, 0.1) is 0 Å². The number of allylic oxidation sites excluding steroid dienone is 2. The van der Waals surface area contributed by atoms with Crippen molar-refractivity contribution in [1.82, 2.24) is 0 Å². The summed E-state index contributed by atoms with van der Waals surface area (Å²) in [7, 11) is 0. The lowest BCUT2D eigenvalue weighted by atomic mass is 10.1. The molecule has 114 valence electrons. The maximum atomic E-state index is 9.66. The largest absolute Gasteiger partial charge is 0.378 e. The lowest BCUT2D eigenvalue weighted by Gasteiger charge is -2.07. The molecule has 1 aromatic rings. The van der Waals surface area contributed by atoms with Crippen LogP contribution < -0.4 is 0 Å². The van der Waals surface area contributed by atoms with Gasteiger partial charge in [-0.2, -0.15) is 0 Å². The van der Waals surface area contributed by atoms with Gasteiger partial charge in [-0.3, -0.25) is 0 Å². The fourth-order valence-corrected chi connectivity index (χ4v) is 2.77. The van der Waals surface area contributed by atoms with Gasteiger partial charge in [0.1, 0.15) is 5.60 Å². The molecule has 1 aromatic carbocycles. The third-order valence-corrected chi connectivity index (χ3v) is 3.97. The quantitative estimate of drug-likeness (QED) is 0.413. The molecule has 0 bridgehead atoms. The van der Waals surface area contributed by atoms with Crippen molar-refractivity contribution in [3.05, 3.63) is 41.3 Å². The van der Waals surface area contributed by atoms with Crippen LogP contribution in [0.4, 0.5) is 0 Å². The summed E-state index contributed by atoms with van der Waals surface area (Å²) in [6.07, 6.45) is 8.02.